The van der Waals surface area contributed by atoms with Crippen LogP contribution in [0.4, 0.5) is 5.13 Å². The third-order valence-corrected chi connectivity index (χ3v) is 6.81. The van der Waals surface area contributed by atoms with Gasteiger partial charge in [0.05, 0.1) is 7.11 Å². The molecule has 8 heteroatoms. The zero-order valence-corrected chi connectivity index (χ0v) is 18.3. The van der Waals surface area contributed by atoms with Gasteiger partial charge in [0.2, 0.25) is 11.0 Å². The minimum Gasteiger partial charge on any atom is -0.496 e. The number of hydrogen-bond acceptors (Lipinski definition) is 7. The van der Waals surface area contributed by atoms with E-state index in [0.717, 1.165) is 50.8 Å². The Morgan fingerprint density at radius 2 is 2.17 bits per heavy atom. The highest BCUT2D eigenvalue weighted by Gasteiger charge is 2.20. The first-order valence-corrected chi connectivity index (χ1v) is 11.5. The molecule has 0 radical (unpaired) electrons. The van der Waals surface area contributed by atoms with E-state index in [9.17, 15) is 4.79 Å². The zero-order valence-electron chi connectivity index (χ0n) is 16.7. The number of nitrogens with zero attached hydrogens (tertiary/aromatic N) is 2. The van der Waals surface area contributed by atoms with Crippen molar-refractivity contribution in [3.05, 3.63) is 35.1 Å². The number of fused-ring (bicyclic) bond motifs is 3. The predicted molar refractivity (Wildman–Crippen MR) is 118 cm³/mol. The number of ether oxygens (including phenoxy) is 1. The molecular weight excluding hydrogens is 406 g/mol. The largest absolute Gasteiger partial charge is 0.496 e. The maximum absolute atomic E-state index is 12.5. The minimum atomic E-state index is -0.233. The number of furan rings is 1. The van der Waals surface area contributed by atoms with Crippen LogP contribution in [0.5, 0.6) is 5.75 Å². The normalized spacial score (nSPS) is 14.1. The zero-order chi connectivity index (χ0) is 20.4. The summed E-state index contributed by atoms with van der Waals surface area (Å²) < 4.78 is 12.5. The number of hydrogen-bond donors (Lipinski definition) is 1. The molecule has 6 nitrogen and oxygen atoms in total. The van der Waals surface area contributed by atoms with E-state index in [1.54, 1.807) is 24.9 Å². The summed E-state index contributed by atoms with van der Waals surface area (Å²) in [5.41, 5.74) is 3.86. The molecule has 1 N–H and O–H groups in total. The van der Waals surface area contributed by atoms with Gasteiger partial charge in [-0.25, -0.2) is 0 Å². The molecule has 152 valence electrons. The smallest absolute Gasteiger partial charge is 0.250 e. The fourth-order valence-electron chi connectivity index (χ4n) is 3.62. The lowest BCUT2D eigenvalue weighted by Gasteiger charge is -2.11. The summed E-state index contributed by atoms with van der Waals surface area (Å²) in [5, 5.41) is 12.5. The summed E-state index contributed by atoms with van der Waals surface area (Å²) in [6, 6.07) is 4.01. The van der Waals surface area contributed by atoms with E-state index < -0.39 is 0 Å². The quantitative estimate of drug-likeness (QED) is 0.324. The molecular formula is C21H23N3O3S2. The van der Waals surface area contributed by atoms with Crippen molar-refractivity contribution < 1.29 is 13.9 Å². The van der Waals surface area contributed by atoms with Gasteiger partial charge in [-0.3, -0.25) is 10.1 Å². The number of rotatable bonds is 6. The van der Waals surface area contributed by atoms with Crippen LogP contribution in [0.1, 0.15) is 43.6 Å². The van der Waals surface area contributed by atoms with Crippen molar-refractivity contribution in [3.8, 4) is 5.75 Å². The third-order valence-electron chi connectivity index (χ3n) is 4.95. The molecule has 1 amide bonds. The van der Waals surface area contributed by atoms with Crippen molar-refractivity contribution in [1.82, 2.24) is 10.2 Å². The van der Waals surface area contributed by atoms with Gasteiger partial charge >= 0.3 is 0 Å². The first kappa shape index (κ1) is 20.0. The molecule has 0 aliphatic heterocycles. The Balaban J connectivity index is 1.62. The van der Waals surface area contributed by atoms with Crippen molar-refractivity contribution in [2.45, 2.75) is 43.9 Å². The monoisotopic (exact) mass is 429 g/mol. The van der Waals surface area contributed by atoms with E-state index in [4.69, 9.17) is 9.15 Å². The van der Waals surface area contributed by atoms with Crippen LogP contribution in [-0.2, 0) is 17.6 Å². The fourth-order valence-corrected chi connectivity index (χ4v) is 5.28. The van der Waals surface area contributed by atoms with Crippen LogP contribution in [0.15, 0.2) is 27.0 Å². The minimum absolute atomic E-state index is 0.233. The average molecular weight is 430 g/mol. The Hall–Kier alpha value is -2.32. The molecule has 0 unspecified atom stereocenters. The number of carbonyl (C=O) groups is 1. The van der Waals surface area contributed by atoms with E-state index in [2.05, 4.69) is 28.5 Å². The van der Waals surface area contributed by atoms with Gasteiger partial charge in [0, 0.05) is 35.1 Å². The molecule has 0 bridgehead atoms. The molecule has 0 saturated heterocycles. The van der Waals surface area contributed by atoms with E-state index in [1.165, 1.54) is 29.7 Å². The van der Waals surface area contributed by atoms with Gasteiger partial charge in [0.15, 0.2) is 4.34 Å². The Kier molecular flexibility index (Phi) is 5.91. The van der Waals surface area contributed by atoms with Crippen LogP contribution in [0.3, 0.4) is 0 Å². The van der Waals surface area contributed by atoms with Crippen molar-refractivity contribution in [3.63, 3.8) is 0 Å². The number of carbonyl (C=O) groups excluding carboxylic acids is 1. The summed E-state index contributed by atoms with van der Waals surface area (Å²) >= 11 is 2.98. The molecule has 0 atom stereocenters. The topological polar surface area (TPSA) is 77.3 Å². The second-order valence-corrected chi connectivity index (χ2v) is 9.37. The van der Waals surface area contributed by atoms with Crippen LogP contribution >= 0.6 is 23.1 Å². The maximum atomic E-state index is 12.5. The van der Waals surface area contributed by atoms with Gasteiger partial charge in [-0.2, -0.15) is 0 Å². The number of amides is 1. The van der Waals surface area contributed by atoms with Crippen molar-refractivity contribution in [1.29, 1.82) is 0 Å². The number of aryl methyl sites for hydroxylation is 2. The standard InChI is InChI=1S/C21H23N3O3S2/c1-4-28-21-24-23-20(29-21)22-19(25)9-12(2)14-10-15-13-7-5-6-8-16(13)27-18(15)11-17(14)26-3/h9-11H,4-8H2,1-3H3,(H,22,23,25)/b12-9+. The number of thioether (sulfide) groups is 1. The lowest BCUT2D eigenvalue weighted by atomic mass is 9.94. The Morgan fingerprint density at radius 1 is 1.34 bits per heavy atom. The molecule has 1 aromatic carbocycles. The molecule has 29 heavy (non-hydrogen) atoms. The van der Waals surface area contributed by atoms with Gasteiger partial charge < -0.3 is 9.15 Å². The molecule has 2 aromatic heterocycles. The van der Waals surface area contributed by atoms with E-state index in [1.807, 2.05) is 13.0 Å². The highest BCUT2D eigenvalue weighted by atomic mass is 32.2. The summed E-state index contributed by atoms with van der Waals surface area (Å²) in [6.07, 6.45) is 5.94. The Bertz CT molecular complexity index is 1080. The summed E-state index contributed by atoms with van der Waals surface area (Å²) in [6.45, 7) is 3.96. The molecule has 0 spiro atoms. The van der Waals surface area contributed by atoms with Gasteiger partial charge in [-0.05, 0) is 43.6 Å². The maximum Gasteiger partial charge on any atom is 0.250 e. The summed E-state index contributed by atoms with van der Waals surface area (Å²) in [5.74, 6) is 2.47. The van der Waals surface area contributed by atoms with E-state index >= 15 is 0 Å². The van der Waals surface area contributed by atoms with Crippen molar-refractivity contribution in [2.24, 2.45) is 0 Å². The number of allylic oxidation sites excluding steroid dienone is 1. The van der Waals surface area contributed by atoms with Crippen LogP contribution in [-0.4, -0.2) is 29.0 Å². The molecule has 1 aliphatic carbocycles. The van der Waals surface area contributed by atoms with Gasteiger partial charge in [0.1, 0.15) is 17.1 Å². The molecule has 1 aliphatic rings. The first-order chi connectivity index (χ1) is 14.1. The predicted octanol–water partition coefficient (Wildman–Crippen LogP) is 5.33. The van der Waals surface area contributed by atoms with Crippen molar-refractivity contribution in [2.75, 3.05) is 18.2 Å². The average Bonchev–Trinajstić information content (AvgIpc) is 3.30. The first-order valence-electron chi connectivity index (χ1n) is 9.67. The molecule has 2 heterocycles. The summed E-state index contributed by atoms with van der Waals surface area (Å²) in [7, 11) is 1.63. The number of methoxy groups -OCH3 is 1. The molecule has 0 saturated carbocycles. The van der Waals surface area contributed by atoms with E-state index in [-0.39, 0.29) is 5.91 Å². The number of nitrogens with one attached hydrogen (secondary N) is 1. The number of aromatic nitrogens is 2. The SMILES string of the molecule is CCSc1nnc(NC(=O)/C=C(\C)c2cc3c4c(oc3cc2OC)CCCC4)s1. The number of benzene rings is 1. The summed E-state index contributed by atoms with van der Waals surface area (Å²) in [4.78, 5) is 12.5. The fraction of sp³-hybridized carbons (Fsp3) is 0.381. The van der Waals surface area contributed by atoms with Gasteiger partial charge in [-0.15, -0.1) is 10.2 Å². The molecule has 4 rings (SSSR count). The highest BCUT2D eigenvalue weighted by Crippen LogP contribution is 2.38. The molecule has 0 fully saturated rings. The van der Waals surface area contributed by atoms with E-state index in [0.29, 0.717) is 10.9 Å². The lowest BCUT2D eigenvalue weighted by Crippen LogP contribution is -2.08. The van der Waals surface area contributed by atoms with Gasteiger partial charge in [-0.1, -0.05) is 30.0 Å². The Labute approximate surface area is 177 Å². The second-order valence-electron chi connectivity index (χ2n) is 6.88. The lowest BCUT2D eigenvalue weighted by molar-refractivity contribution is -0.111. The molecule has 3 aromatic rings. The van der Waals surface area contributed by atoms with Gasteiger partial charge in [0.25, 0.3) is 0 Å². The van der Waals surface area contributed by atoms with Crippen LogP contribution < -0.4 is 10.1 Å². The van der Waals surface area contributed by atoms with Crippen LogP contribution in [0.25, 0.3) is 16.5 Å². The van der Waals surface area contributed by atoms with Crippen LogP contribution in [0, 0.1) is 0 Å². The Morgan fingerprint density at radius 3 is 2.97 bits per heavy atom. The third kappa shape index (κ3) is 4.18. The van der Waals surface area contributed by atoms with Crippen LogP contribution in [0.2, 0.25) is 0 Å². The highest BCUT2D eigenvalue weighted by molar-refractivity contribution is 8.01. The van der Waals surface area contributed by atoms with Crippen molar-refractivity contribution >= 4 is 50.7 Å². The number of anilines is 1. The second kappa shape index (κ2) is 8.59.